The molecule has 0 spiro atoms. The normalized spacial score (nSPS) is 31.1. The van der Waals surface area contributed by atoms with Gasteiger partial charge in [-0.2, -0.15) is 4.98 Å². The SMILES string of the molecule is CNC(=O)OC[C@@]1(F)O[C@@H](n2ccc(N)nc2=O)[C@@H]2OC(=O)O[C@@H]21. The minimum atomic E-state index is -2.70. The Morgan fingerprint density at radius 1 is 1.54 bits per heavy atom. The Hall–Kier alpha value is -2.89. The van der Waals surface area contributed by atoms with Gasteiger partial charge in [-0.1, -0.05) is 0 Å². The number of nitrogens with two attached hydrogens (primary N) is 1. The van der Waals surface area contributed by atoms with Crippen molar-refractivity contribution in [3.63, 3.8) is 0 Å². The number of carbonyl (C=O) groups excluding carboxylic acids is 2. The number of carbonyl (C=O) groups is 2. The first-order chi connectivity index (χ1) is 11.3. The average molecular weight is 344 g/mol. The van der Waals surface area contributed by atoms with Gasteiger partial charge in [0.15, 0.2) is 18.9 Å². The van der Waals surface area contributed by atoms with Crippen molar-refractivity contribution in [3.05, 3.63) is 22.7 Å². The topological polar surface area (TPSA) is 144 Å². The third kappa shape index (κ3) is 2.60. The van der Waals surface area contributed by atoms with Crippen molar-refractivity contribution in [1.82, 2.24) is 14.9 Å². The zero-order valence-electron chi connectivity index (χ0n) is 12.3. The van der Waals surface area contributed by atoms with Crippen LogP contribution in [-0.2, 0) is 18.9 Å². The van der Waals surface area contributed by atoms with E-state index in [-0.39, 0.29) is 5.82 Å². The molecule has 2 fully saturated rings. The van der Waals surface area contributed by atoms with Gasteiger partial charge in [-0.15, -0.1) is 0 Å². The van der Waals surface area contributed by atoms with E-state index in [1.807, 2.05) is 0 Å². The lowest BCUT2D eigenvalue weighted by Gasteiger charge is -2.23. The first-order valence-electron chi connectivity index (χ1n) is 6.77. The van der Waals surface area contributed by atoms with E-state index >= 15 is 4.39 Å². The molecule has 0 aromatic carbocycles. The molecule has 4 atom stereocenters. The molecule has 2 aliphatic rings. The van der Waals surface area contributed by atoms with Crippen LogP contribution in [0.1, 0.15) is 6.23 Å². The summed E-state index contributed by atoms with van der Waals surface area (Å²) in [6.07, 6.45) is -4.98. The number of nitrogens with one attached hydrogen (secondary N) is 1. The quantitative estimate of drug-likeness (QED) is 0.679. The number of hydrogen-bond acceptors (Lipinski definition) is 9. The number of rotatable bonds is 3. The Labute approximate surface area is 133 Å². The van der Waals surface area contributed by atoms with E-state index in [2.05, 4.69) is 15.0 Å². The zero-order chi connectivity index (χ0) is 17.5. The molecule has 0 bridgehead atoms. The standard InChI is InChI=1S/C12H13FN4O7/c1-15-10(19)21-4-12(13)7-6(22-11(20)23-7)8(24-12)17-3-2-5(14)16-9(17)18/h2-3,6-8H,4H2,1H3,(H,15,19)(H2,14,16,18)/t6-,7+,8-,12-/m1/s1. The third-order valence-electron chi connectivity index (χ3n) is 3.51. The summed E-state index contributed by atoms with van der Waals surface area (Å²) in [5, 5.41) is 2.13. The molecule has 1 amide bonds. The summed E-state index contributed by atoms with van der Waals surface area (Å²) in [6, 6.07) is 1.29. The van der Waals surface area contributed by atoms with Crippen LogP contribution in [0.3, 0.4) is 0 Å². The van der Waals surface area contributed by atoms with E-state index in [1.54, 1.807) is 0 Å². The van der Waals surface area contributed by atoms with Gasteiger partial charge in [-0.05, 0) is 6.07 Å². The highest BCUT2D eigenvalue weighted by Crippen LogP contribution is 2.44. The van der Waals surface area contributed by atoms with E-state index in [1.165, 1.54) is 19.3 Å². The predicted octanol–water partition coefficient (Wildman–Crippen LogP) is -0.720. The second-order valence-corrected chi connectivity index (χ2v) is 5.03. The predicted molar refractivity (Wildman–Crippen MR) is 72.4 cm³/mol. The number of amides is 1. The molecule has 12 heteroatoms. The second-order valence-electron chi connectivity index (χ2n) is 5.03. The van der Waals surface area contributed by atoms with E-state index in [4.69, 9.17) is 19.9 Å². The van der Waals surface area contributed by atoms with Crippen LogP contribution in [-0.4, -0.2) is 53.5 Å². The number of ether oxygens (including phenoxy) is 4. The van der Waals surface area contributed by atoms with Crippen LogP contribution in [0.25, 0.3) is 0 Å². The van der Waals surface area contributed by atoms with Crippen LogP contribution in [0, 0.1) is 0 Å². The van der Waals surface area contributed by atoms with Gasteiger partial charge in [0.25, 0.3) is 5.85 Å². The minimum absolute atomic E-state index is 0.0417. The maximum absolute atomic E-state index is 15.0. The molecule has 0 saturated carbocycles. The molecule has 3 heterocycles. The largest absolute Gasteiger partial charge is 0.509 e. The molecule has 130 valence electrons. The summed E-state index contributed by atoms with van der Waals surface area (Å²) >= 11 is 0. The van der Waals surface area contributed by atoms with Crippen LogP contribution >= 0.6 is 0 Å². The fourth-order valence-electron chi connectivity index (χ4n) is 2.43. The molecule has 3 rings (SSSR count). The second kappa shape index (κ2) is 5.63. The van der Waals surface area contributed by atoms with Gasteiger partial charge in [0.2, 0.25) is 6.10 Å². The molecule has 3 N–H and O–H groups in total. The Morgan fingerprint density at radius 2 is 2.29 bits per heavy atom. The first kappa shape index (κ1) is 16.0. The highest BCUT2D eigenvalue weighted by atomic mass is 19.2. The fraction of sp³-hybridized carbons (Fsp3) is 0.500. The van der Waals surface area contributed by atoms with Crippen molar-refractivity contribution in [2.45, 2.75) is 24.3 Å². The van der Waals surface area contributed by atoms with Gasteiger partial charge in [-0.3, -0.25) is 4.57 Å². The number of anilines is 1. The molecule has 1 aromatic rings. The lowest BCUT2D eigenvalue weighted by Crippen LogP contribution is -2.43. The van der Waals surface area contributed by atoms with Crippen molar-refractivity contribution in [3.8, 4) is 0 Å². The highest BCUT2D eigenvalue weighted by Gasteiger charge is 2.65. The Balaban J connectivity index is 1.90. The van der Waals surface area contributed by atoms with Crippen molar-refractivity contribution < 1.29 is 32.9 Å². The van der Waals surface area contributed by atoms with Crippen LogP contribution in [0.15, 0.2) is 17.1 Å². The summed E-state index contributed by atoms with van der Waals surface area (Å²) in [4.78, 5) is 37.9. The smallest absolute Gasteiger partial charge is 0.443 e. The molecule has 2 saturated heterocycles. The summed E-state index contributed by atoms with van der Waals surface area (Å²) in [6.45, 7) is -0.877. The molecule has 11 nitrogen and oxygen atoms in total. The maximum Gasteiger partial charge on any atom is 0.509 e. The van der Waals surface area contributed by atoms with Gasteiger partial charge >= 0.3 is 17.9 Å². The third-order valence-corrected chi connectivity index (χ3v) is 3.51. The van der Waals surface area contributed by atoms with Crippen molar-refractivity contribution in [1.29, 1.82) is 0 Å². The number of fused-ring (bicyclic) bond motifs is 1. The molecular weight excluding hydrogens is 331 g/mol. The summed E-state index contributed by atoms with van der Waals surface area (Å²) in [5.41, 5.74) is 4.56. The fourth-order valence-corrected chi connectivity index (χ4v) is 2.43. The van der Waals surface area contributed by atoms with E-state index in [0.29, 0.717) is 0 Å². The molecular formula is C12H13FN4O7. The molecule has 0 radical (unpaired) electrons. The van der Waals surface area contributed by atoms with Gasteiger partial charge in [0.05, 0.1) is 0 Å². The molecule has 24 heavy (non-hydrogen) atoms. The van der Waals surface area contributed by atoms with Crippen LogP contribution in [0.4, 0.5) is 19.8 Å². The Morgan fingerprint density at radius 3 is 2.96 bits per heavy atom. The molecule has 0 unspecified atom stereocenters. The van der Waals surface area contributed by atoms with Gasteiger partial charge in [0.1, 0.15) is 5.82 Å². The van der Waals surface area contributed by atoms with Crippen LogP contribution in [0.5, 0.6) is 0 Å². The van der Waals surface area contributed by atoms with Crippen LogP contribution in [0.2, 0.25) is 0 Å². The number of nitrogens with zero attached hydrogens (tertiary/aromatic N) is 2. The van der Waals surface area contributed by atoms with Crippen molar-refractivity contribution in [2.75, 3.05) is 19.4 Å². The number of aromatic nitrogens is 2. The van der Waals surface area contributed by atoms with Gasteiger partial charge in [0, 0.05) is 13.2 Å². The van der Waals surface area contributed by atoms with Crippen LogP contribution < -0.4 is 16.7 Å². The Bertz CT molecular complexity index is 740. The number of halogens is 1. The van der Waals surface area contributed by atoms with E-state index in [0.717, 1.165) is 4.57 Å². The zero-order valence-corrected chi connectivity index (χ0v) is 12.3. The van der Waals surface area contributed by atoms with Gasteiger partial charge < -0.3 is 30.0 Å². The molecule has 2 aliphatic heterocycles. The lowest BCUT2D eigenvalue weighted by molar-refractivity contribution is -0.210. The number of alkyl carbamates (subject to hydrolysis) is 1. The molecule has 0 aliphatic carbocycles. The Kier molecular flexibility index (Phi) is 3.75. The lowest BCUT2D eigenvalue weighted by atomic mass is 10.1. The summed E-state index contributed by atoms with van der Waals surface area (Å²) < 4.78 is 35.4. The van der Waals surface area contributed by atoms with E-state index in [9.17, 15) is 14.4 Å². The summed E-state index contributed by atoms with van der Waals surface area (Å²) in [5.74, 6) is -2.74. The number of alkyl halides is 1. The summed E-state index contributed by atoms with van der Waals surface area (Å²) in [7, 11) is 1.28. The van der Waals surface area contributed by atoms with Gasteiger partial charge in [-0.25, -0.2) is 18.8 Å². The molecule has 1 aromatic heterocycles. The monoisotopic (exact) mass is 344 g/mol. The van der Waals surface area contributed by atoms with Crippen molar-refractivity contribution in [2.24, 2.45) is 0 Å². The number of hydrogen-bond donors (Lipinski definition) is 2. The average Bonchev–Trinajstić information content (AvgIpc) is 3.03. The maximum atomic E-state index is 15.0. The highest BCUT2D eigenvalue weighted by molar-refractivity contribution is 5.66. The minimum Gasteiger partial charge on any atom is -0.443 e. The number of nitrogen functional groups attached to an aromatic ring is 1. The first-order valence-corrected chi connectivity index (χ1v) is 6.77. The van der Waals surface area contributed by atoms with Crippen molar-refractivity contribution >= 4 is 18.1 Å². The van der Waals surface area contributed by atoms with E-state index < -0.39 is 48.8 Å².